The molecule has 6 heteroatoms. The van der Waals surface area contributed by atoms with Gasteiger partial charge in [-0.15, -0.1) is 0 Å². The summed E-state index contributed by atoms with van der Waals surface area (Å²) in [5.41, 5.74) is 0.589. The molecule has 1 saturated heterocycles. The van der Waals surface area contributed by atoms with Crippen molar-refractivity contribution in [2.24, 2.45) is 5.92 Å². The number of rotatable bonds is 6. The van der Waals surface area contributed by atoms with Crippen molar-refractivity contribution >= 4 is 11.9 Å². The lowest BCUT2D eigenvalue weighted by molar-refractivity contribution is -0.140. The van der Waals surface area contributed by atoms with E-state index in [1.807, 2.05) is 20.8 Å². The summed E-state index contributed by atoms with van der Waals surface area (Å²) in [4.78, 5) is 24.2. The van der Waals surface area contributed by atoms with Crippen molar-refractivity contribution in [1.29, 1.82) is 0 Å². The smallest absolute Gasteiger partial charge is 0.303 e. The minimum Gasteiger partial charge on any atom is -0.493 e. The fourth-order valence-electron chi connectivity index (χ4n) is 2.99. The number of halogens is 1. The molecule has 0 radical (unpaired) electrons. The molecule has 1 aromatic rings. The van der Waals surface area contributed by atoms with Gasteiger partial charge in [0.1, 0.15) is 11.6 Å². The van der Waals surface area contributed by atoms with Gasteiger partial charge in [0.25, 0.3) is 0 Å². The van der Waals surface area contributed by atoms with E-state index in [0.717, 1.165) is 12.0 Å². The van der Waals surface area contributed by atoms with E-state index in [2.05, 4.69) is 0 Å². The number of carbonyl (C=O) groups is 2. The zero-order valence-electron chi connectivity index (χ0n) is 15.0. The van der Waals surface area contributed by atoms with Crippen LogP contribution in [0.15, 0.2) is 18.2 Å². The predicted molar refractivity (Wildman–Crippen MR) is 92.2 cm³/mol. The maximum atomic E-state index is 13.5. The Morgan fingerprint density at radius 3 is 2.68 bits per heavy atom. The molecule has 0 aromatic heterocycles. The van der Waals surface area contributed by atoms with Gasteiger partial charge in [0, 0.05) is 31.0 Å². The molecule has 0 saturated carbocycles. The molecule has 138 valence electrons. The van der Waals surface area contributed by atoms with E-state index in [0.29, 0.717) is 25.4 Å². The fraction of sp³-hybridized carbons (Fsp3) is 0.579. The second-order valence-electron chi connectivity index (χ2n) is 7.59. The maximum Gasteiger partial charge on any atom is 0.303 e. The Bertz CT molecular complexity index is 639. The quantitative estimate of drug-likeness (QED) is 0.855. The molecule has 1 aromatic carbocycles. The van der Waals surface area contributed by atoms with E-state index in [1.165, 1.54) is 12.1 Å². The Morgan fingerprint density at radius 1 is 1.32 bits per heavy atom. The van der Waals surface area contributed by atoms with Gasteiger partial charge < -0.3 is 14.7 Å². The number of ether oxygens (including phenoxy) is 1. The molecule has 0 bridgehead atoms. The maximum absolute atomic E-state index is 13.5. The number of benzene rings is 1. The summed E-state index contributed by atoms with van der Waals surface area (Å²) in [5.74, 6) is -0.495. The number of amides is 1. The third-order valence-corrected chi connectivity index (χ3v) is 4.42. The van der Waals surface area contributed by atoms with E-state index in [4.69, 9.17) is 9.84 Å². The first kappa shape index (κ1) is 19.2. The van der Waals surface area contributed by atoms with Crippen molar-refractivity contribution in [1.82, 2.24) is 4.90 Å². The van der Waals surface area contributed by atoms with Crippen LogP contribution in [0.2, 0.25) is 0 Å². The van der Waals surface area contributed by atoms with Crippen LogP contribution < -0.4 is 4.74 Å². The van der Waals surface area contributed by atoms with Crippen molar-refractivity contribution in [3.8, 4) is 5.75 Å². The zero-order chi connectivity index (χ0) is 18.6. The number of carboxylic acids is 1. The summed E-state index contributed by atoms with van der Waals surface area (Å²) in [6.45, 7) is 7.68. The molecule has 1 aliphatic rings. The van der Waals surface area contributed by atoms with Gasteiger partial charge in [-0.1, -0.05) is 20.8 Å². The molecule has 2 rings (SSSR count). The van der Waals surface area contributed by atoms with Crippen molar-refractivity contribution in [3.63, 3.8) is 0 Å². The SMILES string of the molecule is CC(C)(C)c1cc(F)ccc1OCC1CCN(C(=O)CCC(=O)O)C1. The lowest BCUT2D eigenvalue weighted by Crippen LogP contribution is -2.29. The standard InChI is InChI=1S/C19H26FNO4/c1-19(2,3)15-10-14(20)4-5-16(15)25-12-13-8-9-21(11-13)17(22)6-7-18(23)24/h4-5,10,13H,6-9,11-12H2,1-3H3,(H,23,24). The molecule has 0 aliphatic carbocycles. The number of hydrogen-bond donors (Lipinski definition) is 1. The fourth-order valence-corrected chi connectivity index (χ4v) is 2.99. The Hall–Kier alpha value is -2.11. The first-order valence-corrected chi connectivity index (χ1v) is 8.59. The number of hydrogen-bond acceptors (Lipinski definition) is 3. The zero-order valence-corrected chi connectivity index (χ0v) is 15.0. The van der Waals surface area contributed by atoms with Gasteiger partial charge in [0.05, 0.1) is 13.0 Å². The van der Waals surface area contributed by atoms with Crippen LogP contribution in [0.3, 0.4) is 0 Å². The summed E-state index contributed by atoms with van der Waals surface area (Å²) in [7, 11) is 0. The van der Waals surface area contributed by atoms with Crippen molar-refractivity contribution in [2.75, 3.05) is 19.7 Å². The lowest BCUT2D eigenvalue weighted by atomic mass is 9.86. The monoisotopic (exact) mass is 351 g/mol. The van der Waals surface area contributed by atoms with Gasteiger partial charge in [-0.25, -0.2) is 4.39 Å². The summed E-state index contributed by atoms with van der Waals surface area (Å²) in [6.07, 6.45) is 0.723. The Labute approximate surface area is 147 Å². The van der Waals surface area contributed by atoms with E-state index in [1.54, 1.807) is 11.0 Å². The number of carboxylic acid groups (broad SMARTS) is 1. The van der Waals surface area contributed by atoms with Crippen LogP contribution in [0.5, 0.6) is 5.75 Å². The van der Waals surface area contributed by atoms with E-state index >= 15 is 0 Å². The van der Waals surface area contributed by atoms with E-state index in [9.17, 15) is 14.0 Å². The average Bonchev–Trinajstić information content (AvgIpc) is 2.99. The molecule has 25 heavy (non-hydrogen) atoms. The highest BCUT2D eigenvalue weighted by atomic mass is 19.1. The van der Waals surface area contributed by atoms with Crippen LogP contribution in [-0.4, -0.2) is 41.6 Å². The second-order valence-corrected chi connectivity index (χ2v) is 7.59. The lowest BCUT2D eigenvalue weighted by Gasteiger charge is -2.24. The van der Waals surface area contributed by atoms with Crippen molar-refractivity contribution in [2.45, 2.75) is 45.4 Å². The summed E-state index contributed by atoms with van der Waals surface area (Å²) >= 11 is 0. The van der Waals surface area contributed by atoms with Crippen LogP contribution >= 0.6 is 0 Å². The molecule has 5 nitrogen and oxygen atoms in total. The first-order valence-electron chi connectivity index (χ1n) is 8.59. The van der Waals surface area contributed by atoms with Gasteiger partial charge in [-0.05, 0) is 30.0 Å². The van der Waals surface area contributed by atoms with Gasteiger partial charge in [0.2, 0.25) is 5.91 Å². The molecular weight excluding hydrogens is 325 g/mol. The molecule has 1 heterocycles. The summed E-state index contributed by atoms with van der Waals surface area (Å²) < 4.78 is 19.5. The normalized spacial score (nSPS) is 17.6. The van der Waals surface area contributed by atoms with Crippen LogP contribution in [0, 0.1) is 11.7 Å². The first-order chi connectivity index (χ1) is 11.7. The highest BCUT2D eigenvalue weighted by molar-refractivity contribution is 5.80. The highest BCUT2D eigenvalue weighted by Gasteiger charge is 2.27. The Balaban J connectivity index is 1.91. The molecule has 1 aliphatic heterocycles. The third kappa shape index (κ3) is 5.44. The largest absolute Gasteiger partial charge is 0.493 e. The van der Waals surface area contributed by atoms with Crippen LogP contribution in [0.4, 0.5) is 4.39 Å². The molecular formula is C19H26FNO4. The van der Waals surface area contributed by atoms with Crippen LogP contribution in [0.1, 0.15) is 45.6 Å². The minimum atomic E-state index is -0.960. The van der Waals surface area contributed by atoms with E-state index in [-0.39, 0.29) is 35.9 Å². The van der Waals surface area contributed by atoms with Crippen molar-refractivity contribution < 1.29 is 23.8 Å². The van der Waals surface area contributed by atoms with Gasteiger partial charge in [-0.3, -0.25) is 9.59 Å². The second kappa shape index (κ2) is 7.85. The molecule has 1 atom stereocenters. The molecule has 1 N–H and O–H groups in total. The number of nitrogens with zero attached hydrogens (tertiary/aromatic N) is 1. The van der Waals surface area contributed by atoms with Gasteiger partial charge in [-0.2, -0.15) is 0 Å². The van der Waals surface area contributed by atoms with Crippen molar-refractivity contribution in [3.05, 3.63) is 29.6 Å². The molecule has 1 fully saturated rings. The van der Waals surface area contributed by atoms with Gasteiger partial charge in [0.15, 0.2) is 0 Å². The molecule has 0 spiro atoms. The van der Waals surface area contributed by atoms with Crippen LogP contribution in [-0.2, 0) is 15.0 Å². The highest BCUT2D eigenvalue weighted by Crippen LogP contribution is 2.32. The predicted octanol–water partition coefficient (Wildman–Crippen LogP) is 3.22. The Morgan fingerprint density at radius 2 is 2.04 bits per heavy atom. The number of carbonyl (C=O) groups excluding carboxylic acids is 1. The minimum absolute atomic E-state index is 0.0368. The average molecular weight is 351 g/mol. The molecule has 1 amide bonds. The molecule has 1 unspecified atom stereocenters. The van der Waals surface area contributed by atoms with Gasteiger partial charge >= 0.3 is 5.97 Å². The topological polar surface area (TPSA) is 66.8 Å². The Kier molecular flexibility index (Phi) is 6.03. The van der Waals surface area contributed by atoms with E-state index < -0.39 is 5.97 Å². The number of aliphatic carboxylic acids is 1. The number of likely N-dealkylation sites (tertiary alicyclic amines) is 1. The summed E-state index contributed by atoms with van der Waals surface area (Å²) in [5, 5.41) is 8.66. The van der Waals surface area contributed by atoms with Crippen LogP contribution in [0.25, 0.3) is 0 Å². The third-order valence-electron chi connectivity index (χ3n) is 4.42. The summed E-state index contributed by atoms with van der Waals surface area (Å²) in [6, 6.07) is 4.55.